The van der Waals surface area contributed by atoms with Crippen LogP contribution in [0, 0.1) is 11.3 Å². The van der Waals surface area contributed by atoms with Crippen molar-refractivity contribution in [2.45, 2.75) is 33.1 Å². The zero-order chi connectivity index (χ0) is 12.9. The van der Waals surface area contributed by atoms with Crippen LogP contribution in [-0.4, -0.2) is 49.3 Å². The van der Waals surface area contributed by atoms with Gasteiger partial charge in [-0.15, -0.1) is 0 Å². The lowest BCUT2D eigenvalue weighted by Crippen LogP contribution is -2.39. The Morgan fingerprint density at radius 3 is 2.71 bits per heavy atom. The summed E-state index contributed by atoms with van der Waals surface area (Å²) in [5.74, 6) is 0.394. The molecule has 17 heavy (non-hydrogen) atoms. The Labute approximate surface area is 104 Å². The molecule has 1 aliphatic carbocycles. The highest BCUT2D eigenvalue weighted by molar-refractivity contribution is 5.79. The van der Waals surface area contributed by atoms with Crippen molar-refractivity contribution in [2.24, 2.45) is 11.3 Å². The highest BCUT2D eigenvalue weighted by Crippen LogP contribution is 2.43. The maximum Gasteiger partial charge on any atom is 0.226 e. The van der Waals surface area contributed by atoms with Gasteiger partial charge in [0, 0.05) is 19.5 Å². The van der Waals surface area contributed by atoms with Gasteiger partial charge in [-0.1, -0.05) is 20.3 Å². The number of aliphatic hydroxyl groups excluding tert-OH is 1. The summed E-state index contributed by atoms with van der Waals surface area (Å²) in [6, 6.07) is 0. The van der Waals surface area contributed by atoms with E-state index in [9.17, 15) is 4.79 Å². The smallest absolute Gasteiger partial charge is 0.226 e. The van der Waals surface area contributed by atoms with Gasteiger partial charge in [-0.25, -0.2) is 0 Å². The lowest BCUT2D eigenvalue weighted by Gasteiger charge is -2.30. The van der Waals surface area contributed by atoms with Gasteiger partial charge < -0.3 is 14.7 Å². The molecule has 0 spiro atoms. The van der Waals surface area contributed by atoms with E-state index in [0.29, 0.717) is 19.8 Å². The van der Waals surface area contributed by atoms with E-state index in [4.69, 9.17) is 9.84 Å². The molecule has 0 bridgehead atoms. The van der Waals surface area contributed by atoms with Crippen molar-refractivity contribution >= 4 is 5.91 Å². The van der Waals surface area contributed by atoms with Crippen LogP contribution in [0.25, 0.3) is 0 Å². The maximum absolute atomic E-state index is 12.2. The van der Waals surface area contributed by atoms with Crippen LogP contribution < -0.4 is 0 Å². The Hall–Kier alpha value is -0.610. The molecule has 0 aromatic carbocycles. The molecule has 0 aliphatic heterocycles. The first-order chi connectivity index (χ1) is 7.99. The maximum atomic E-state index is 12.2. The van der Waals surface area contributed by atoms with E-state index >= 15 is 0 Å². The second-order valence-electron chi connectivity index (χ2n) is 5.53. The van der Waals surface area contributed by atoms with E-state index in [-0.39, 0.29) is 23.8 Å². The Balaban J connectivity index is 2.36. The largest absolute Gasteiger partial charge is 0.394 e. The summed E-state index contributed by atoms with van der Waals surface area (Å²) in [4.78, 5) is 14.0. The number of rotatable bonds is 6. The monoisotopic (exact) mass is 243 g/mol. The predicted molar refractivity (Wildman–Crippen MR) is 66.7 cm³/mol. The van der Waals surface area contributed by atoms with E-state index in [1.165, 1.54) is 0 Å². The van der Waals surface area contributed by atoms with Gasteiger partial charge in [-0.2, -0.15) is 0 Å². The molecule has 0 radical (unpaired) electrons. The molecule has 1 amide bonds. The molecule has 1 aliphatic rings. The molecule has 0 heterocycles. The van der Waals surface area contributed by atoms with Crippen LogP contribution in [0.15, 0.2) is 0 Å². The third kappa shape index (κ3) is 3.96. The zero-order valence-electron chi connectivity index (χ0n) is 11.2. The minimum Gasteiger partial charge on any atom is -0.394 e. The molecule has 1 fully saturated rings. The minimum absolute atomic E-state index is 0.0350. The molecule has 0 aromatic heterocycles. The number of amides is 1. The first-order valence-corrected chi connectivity index (χ1v) is 6.42. The van der Waals surface area contributed by atoms with Crippen molar-refractivity contribution in [3.8, 4) is 0 Å². The highest BCUT2D eigenvalue weighted by atomic mass is 16.5. The van der Waals surface area contributed by atoms with Crippen LogP contribution in [0.3, 0.4) is 0 Å². The number of ether oxygens (including phenoxy) is 1. The standard InChI is InChI=1S/C13H25NO3/c1-13(2)6-4-5-11(13)12(16)14(3)7-9-17-10-8-15/h11,15H,4-10H2,1-3H3. The van der Waals surface area contributed by atoms with Gasteiger partial charge in [-0.05, 0) is 18.3 Å². The molecular weight excluding hydrogens is 218 g/mol. The first kappa shape index (κ1) is 14.5. The fourth-order valence-corrected chi connectivity index (χ4v) is 2.53. The summed E-state index contributed by atoms with van der Waals surface area (Å²) in [7, 11) is 1.83. The average Bonchev–Trinajstić information content (AvgIpc) is 2.63. The summed E-state index contributed by atoms with van der Waals surface area (Å²) >= 11 is 0. The fourth-order valence-electron chi connectivity index (χ4n) is 2.53. The third-order valence-electron chi connectivity index (χ3n) is 3.74. The van der Waals surface area contributed by atoms with Crippen LogP contribution >= 0.6 is 0 Å². The fraction of sp³-hybridized carbons (Fsp3) is 0.923. The van der Waals surface area contributed by atoms with Gasteiger partial charge in [0.15, 0.2) is 0 Å². The van der Waals surface area contributed by atoms with Crippen LogP contribution in [0.5, 0.6) is 0 Å². The van der Waals surface area contributed by atoms with Crippen LogP contribution in [0.4, 0.5) is 0 Å². The van der Waals surface area contributed by atoms with E-state index < -0.39 is 0 Å². The van der Waals surface area contributed by atoms with Crippen molar-refractivity contribution < 1.29 is 14.6 Å². The van der Waals surface area contributed by atoms with Gasteiger partial charge in [0.1, 0.15) is 0 Å². The lowest BCUT2D eigenvalue weighted by atomic mass is 9.81. The summed E-state index contributed by atoms with van der Waals surface area (Å²) in [6.07, 6.45) is 3.30. The molecule has 4 nitrogen and oxygen atoms in total. The Kier molecular flexibility index (Phi) is 5.40. The van der Waals surface area contributed by atoms with Crippen molar-refractivity contribution in [1.82, 2.24) is 4.90 Å². The number of carbonyl (C=O) groups is 1. The van der Waals surface area contributed by atoms with Crippen LogP contribution in [0.2, 0.25) is 0 Å². The Morgan fingerprint density at radius 2 is 2.18 bits per heavy atom. The Bertz CT molecular complexity index is 253. The molecule has 1 unspecified atom stereocenters. The summed E-state index contributed by atoms with van der Waals surface area (Å²) in [5, 5.41) is 8.58. The average molecular weight is 243 g/mol. The van der Waals surface area contributed by atoms with Gasteiger partial charge in [0.25, 0.3) is 0 Å². The number of likely N-dealkylation sites (N-methyl/N-ethyl adjacent to an activating group) is 1. The molecular formula is C13H25NO3. The van der Waals surface area contributed by atoms with Crippen molar-refractivity contribution in [1.29, 1.82) is 0 Å². The quantitative estimate of drug-likeness (QED) is 0.715. The number of aliphatic hydroxyl groups is 1. The molecule has 4 heteroatoms. The number of hydrogen-bond donors (Lipinski definition) is 1. The molecule has 1 saturated carbocycles. The van der Waals surface area contributed by atoms with E-state index in [1.807, 2.05) is 7.05 Å². The normalized spacial score (nSPS) is 22.7. The van der Waals surface area contributed by atoms with E-state index in [1.54, 1.807) is 4.90 Å². The van der Waals surface area contributed by atoms with Crippen molar-refractivity contribution in [2.75, 3.05) is 33.4 Å². The van der Waals surface area contributed by atoms with Gasteiger partial charge >= 0.3 is 0 Å². The number of hydrogen-bond acceptors (Lipinski definition) is 3. The van der Waals surface area contributed by atoms with Gasteiger partial charge in [0.2, 0.25) is 5.91 Å². The Morgan fingerprint density at radius 1 is 1.47 bits per heavy atom. The topological polar surface area (TPSA) is 49.8 Å². The summed E-state index contributed by atoms with van der Waals surface area (Å²) in [6.45, 7) is 5.84. The molecule has 1 atom stereocenters. The molecule has 0 saturated heterocycles. The van der Waals surface area contributed by atoms with Crippen molar-refractivity contribution in [3.05, 3.63) is 0 Å². The first-order valence-electron chi connectivity index (χ1n) is 6.42. The second kappa shape index (κ2) is 6.36. The summed E-state index contributed by atoms with van der Waals surface area (Å²) < 4.78 is 5.17. The highest BCUT2D eigenvalue weighted by Gasteiger charge is 2.40. The van der Waals surface area contributed by atoms with E-state index in [0.717, 1.165) is 19.3 Å². The van der Waals surface area contributed by atoms with Gasteiger partial charge in [0.05, 0.1) is 19.8 Å². The third-order valence-corrected chi connectivity index (χ3v) is 3.74. The van der Waals surface area contributed by atoms with Crippen molar-refractivity contribution in [3.63, 3.8) is 0 Å². The lowest BCUT2D eigenvalue weighted by molar-refractivity contribution is -0.137. The summed E-state index contributed by atoms with van der Waals surface area (Å²) in [5.41, 5.74) is 0.136. The second-order valence-corrected chi connectivity index (χ2v) is 5.53. The zero-order valence-corrected chi connectivity index (χ0v) is 11.2. The van der Waals surface area contributed by atoms with Crippen LogP contribution in [-0.2, 0) is 9.53 Å². The molecule has 1 N–H and O–H groups in total. The minimum atomic E-state index is 0.0350. The predicted octanol–water partition coefficient (Wildman–Crippen LogP) is 1.28. The molecule has 1 rings (SSSR count). The molecule has 0 aromatic rings. The van der Waals surface area contributed by atoms with Crippen LogP contribution in [0.1, 0.15) is 33.1 Å². The van der Waals surface area contributed by atoms with E-state index in [2.05, 4.69) is 13.8 Å². The number of nitrogens with zero attached hydrogens (tertiary/aromatic N) is 1. The van der Waals surface area contributed by atoms with Gasteiger partial charge in [-0.3, -0.25) is 4.79 Å². The molecule has 100 valence electrons. The number of carbonyl (C=O) groups excluding carboxylic acids is 1. The SMILES string of the molecule is CN(CCOCCO)C(=O)C1CCCC1(C)C.